The van der Waals surface area contributed by atoms with Gasteiger partial charge in [-0.05, 0) is 36.6 Å². The molecular weight excluding hydrogens is 340 g/mol. The summed E-state index contributed by atoms with van der Waals surface area (Å²) in [5.41, 5.74) is 1.20. The number of imidazole rings is 1. The van der Waals surface area contributed by atoms with Crippen molar-refractivity contribution < 1.29 is 4.79 Å². The number of piperidine rings is 1. The Bertz CT molecular complexity index is 858. The SMILES string of the molecule is O=C(CCn1cccn1)N1CCC[C@H](c2nccn2Cc2ccncc2)C1. The van der Waals surface area contributed by atoms with Crippen molar-refractivity contribution in [3.63, 3.8) is 0 Å². The fraction of sp³-hybridized carbons (Fsp3) is 0.400. The van der Waals surface area contributed by atoms with Gasteiger partial charge in [0.25, 0.3) is 0 Å². The third-order valence-electron chi connectivity index (χ3n) is 5.10. The van der Waals surface area contributed by atoms with Gasteiger partial charge in [-0.2, -0.15) is 5.10 Å². The minimum absolute atomic E-state index is 0.197. The van der Waals surface area contributed by atoms with Crippen LogP contribution in [0, 0.1) is 0 Å². The van der Waals surface area contributed by atoms with E-state index in [-0.39, 0.29) is 11.8 Å². The second-order valence-electron chi connectivity index (χ2n) is 6.97. The van der Waals surface area contributed by atoms with Gasteiger partial charge in [-0.15, -0.1) is 0 Å². The van der Waals surface area contributed by atoms with E-state index in [1.54, 1.807) is 10.9 Å². The Labute approximate surface area is 158 Å². The molecule has 0 spiro atoms. The lowest BCUT2D eigenvalue weighted by atomic mass is 9.96. The second-order valence-corrected chi connectivity index (χ2v) is 6.97. The van der Waals surface area contributed by atoms with Crippen LogP contribution >= 0.6 is 0 Å². The number of aryl methyl sites for hydroxylation is 1. The monoisotopic (exact) mass is 364 g/mol. The Morgan fingerprint density at radius 1 is 1.15 bits per heavy atom. The molecule has 1 aliphatic rings. The normalized spacial score (nSPS) is 17.2. The third-order valence-corrected chi connectivity index (χ3v) is 5.10. The Kier molecular flexibility index (Phi) is 5.27. The summed E-state index contributed by atoms with van der Waals surface area (Å²) >= 11 is 0. The Morgan fingerprint density at radius 2 is 2.04 bits per heavy atom. The molecule has 1 fully saturated rings. The molecule has 0 N–H and O–H groups in total. The van der Waals surface area contributed by atoms with Gasteiger partial charge in [-0.1, -0.05) is 0 Å². The molecule has 7 heteroatoms. The molecule has 4 rings (SSSR count). The Morgan fingerprint density at radius 3 is 2.85 bits per heavy atom. The predicted molar refractivity (Wildman–Crippen MR) is 101 cm³/mol. The molecule has 0 radical (unpaired) electrons. The fourth-order valence-corrected chi connectivity index (χ4v) is 3.71. The molecule has 140 valence electrons. The lowest BCUT2D eigenvalue weighted by molar-refractivity contribution is -0.132. The van der Waals surface area contributed by atoms with E-state index >= 15 is 0 Å². The molecule has 3 aromatic heterocycles. The smallest absolute Gasteiger partial charge is 0.224 e. The van der Waals surface area contributed by atoms with Gasteiger partial charge in [0.1, 0.15) is 5.82 Å². The van der Waals surface area contributed by atoms with Crippen molar-refractivity contribution in [2.75, 3.05) is 13.1 Å². The molecule has 1 saturated heterocycles. The summed E-state index contributed by atoms with van der Waals surface area (Å²) in [4.78, 5) is 23.3. The fourth-order valence-electron chi connectivity index (χ4n) is 3.71. The highest BCUT2D eigenvalue weighted by Crippen LogP contribution is 2.26. The van der Waals surface area contributed by atoms with Gasteiger partial charge in [-0.25, -0.2) is 4.98 Å². The number of nitrogens with zero attached hydrogens (tertiary/aromatic N) is 6. The zero-order chi connectivity index (χ0) is 18.5. The summed E-state index contributed by atoms with van der Waals surface area (Å²) in [6.45, 7) is 2.98. The molecule has 1 aliphatic heterocycles. The maximum absolute atomic E-state index is 12.6. The van der Waals surface area contributed by atoms with Gasteiger partial charge in [0.15, 0.2) is 0 Å². The average Bonchev–Trinajstić information content (AvgIpc) is 3.39. The third kappa shape index (κ3) is 4.24. The second kappa shape index (κ2) is 8.16. The van der Waals surface area contributed by atoms with E-state index in [1.807, 2.05) is 54.1 Å². The first-order chi connectivity index (χ1) is 13.3. The van der Waals surface area contributed by atoms with Crippen molar-refractivity contribution >= 4 is 5.91 Å². The predicted octanol–water partition coefficient (Wildman–Crippen LogP) is 2.32. The number of amides is 1. The van der Waals surface area contributed by atoms with Crippen molar-refractivity contribution in [3.05, 3.63) is 66.8 Å². The summed E-state index contributed by atoms with van der Waals surface area (Å²) in [6.07, 6.45) is 13.7. The van der Waals surface area contributed by atoms with Crippen LogP contribution in [0.2, 0.25) is 0 Å². The van der Waals surface area contributed by atoms with Gasteiger partial charge in [0.05, 0.1) is 0 Å². The van der Waals surface area contributed by atoms with E-state index < -0.39 is 0 Å². The standard InChI is InChI=1S/C20H24N6O/c27-19(6-13-26-12-2-7-23-26)24-11-1-3-18(16-24)20-22-10-14-25(20)15-17-4-8-21-9-5-17/h2,4-5,7-10,12,14,18H,1,3,6,11,13,15-16H2/t18-/m0/s1. The molecule has 7 nitrogen and oxygen atoms in total. The highest BCUT2D eigenvalue weighted by Gasteiger charge is 2.27. The summed E-state index contributed by atoms with van der Waals surface area (Å²) in [5, 5.41) is 4.17. The molecule has 4 heterocycles. The van der Waals surface area contributed by atoms with Crippen LogP contribution in [0.3, 0.4) is 0 Å². The lowest BCUT2D eigenvalue weighted by Gasteiger charge is -2.33. The number of aromatic nitrogens is 5. The van der Waals surface area contributed by atoms with Crippen LogP contribution < -0.4 is 0 Å². The molecule has 1 atom stereocenters. The summed E-state index contributed by atoms with van der Waals surface area (Å²) in [6, 6.07) is 5.93. The van der Waals surface area contributed by atoms with Gasteiger partial charge in [0, 0.05) is 75.7 Å². The van der Waals surface area contributed by atoms with E-state index in [1.165, 1.54) is 5.56 Å². The first-order valence-electron chi connectivity index (χ1n) is 9.45. The van der Waals surface area contributed by atoms with E-state index in [9.17, 15) is 4.79 Å². The molecule has 0 bridgehead atoms. The number of carbonyl (C=O) groups is 1. The van der Waals surface area contributed by atoms with Crippen molar-refractivity contribution in [2.45, 2.75) is 38.3 Å². The van der Waals surface area contributed by atoms with Crippen LogP contribution in [-0.2, 0) is 17.9 Å². The van der Waals surface area contributed by atoms with E-state index in [0.29, 0.717) is 13.0 Å². The minimum Gasteiger partial charge on any atom is -0.342 e. The van der Waals surface area contributed by atoms with Crippen molar-refractivity contribution in [1.82, 2.24) is 29.2 Å². The lowest BCUT2D eigenvalue weighted by Crippen LogP contribution is -2.40. The molecule has 1 amide bonds. The van der Waals surface area contributed by atoms with Crippen molar-refractivity contribution in [1.29, 1.82) is 0 Å². The number of hydrogen-bond donors (Lipinski definition) is 0. The number of hydrogen-bond acceptors (Lipinski definition) is 4. The molecule has 0 unspecified atom stereocenters. The number of rotatable bonds is 6. The molecular formula is C20H24N6O. The van der Waals surface area contributed by atoms with Crippen LogP contribution in [0.1, 0.15) is 36.6 Å². The summed E-state index contributed by atoms with van der Waals surface area (Å²) < 4.78 is 4.00. The van der Waals surface area contributed by atoms with Gasteiger partial charge in [0.2, 0.25) is 5.91 Å². The van der Waals surface area contributed by atoms with E-state index in [4.69, 9.17) is 0 Å². The number of pyridine rings is 1. The molecule has 27 heavy (non-hydrogen) atoms. The van der Waals surface area contributed by atoms with Crippen LogP contribution in [0.25, 0.3) is 0 Å². The maximum atomic E-state index is 12.6. The largest absolute Gasteiger partial charge is 0.342 e. The zero-order valence-electron chi connectivity index (χ0n) is 15.3. The van der Waals surface area contributed by atoms with Gasteiger partial charge >= 0.3 is 0 Å². The first-order valence-corrected chi connectivity index (χ1v) is 9.45. The highest BCUT2D eigenvalue weighted by molar-refractivity contribution is 5.76. The van der Waals surface area contributed by atoms with E-state index in [0.717, 1.165) is 38.3 Å². The molecule has 0 aromatic carbocycles. The summed E-state index contributed by atoms with van der Waals surface area (Å²) in [7, 11) is 0. The average molecular weight is 364 g/mol. The quantitative estimate of drug-likeness (QED) is 0.673. The summed E-state index contributed by atoms with van der Waals surface area (Å²) in [5.74, 6) is 1.54. The van der Waals surface area contributed by atoms with Gasteiger partial charge < -0.3 is 9.47 Å². The number of carbonyl (C=O) groups excluding carboxylic acids is 1. The molecule has 3 aromatic rings. The zero-order valence-corrected chi connectivity index (χ0v) is 15.3. The van der Waals surface area contributed by atoms with Gasteiger partial charge in [-0.3, -0.25) is 14.5 Å². The van der Waals surface area contributed by atoms with Crippen LogP contribution in [0.5, 0.6) is 0 Å². The first kappa shape index (κ1) is 17.5. The Balaban J connectivity index is 1.40. The highest BCUT2D eigenvalue weighted by atomic mass is 16.2. The maximum Gasteiger partial charge on any atom is 0.224 e. The topological polar surface area (TPSA) is 68.8 Å². The van der Waals surface area contributed by atoms with E-state index in [2.05, 4.69) is 19.6 Å². The van der Waals surface area contributed by atoms with Crippen LogP contribution in [0.15, 0.2) is 55.4 Å². The van der Waals surface area contributed by atoms with Crippen LogP contribution in [0.4, 0.5) is 0 Å². The Hall–Kier alpha value is -2.96. The molecule has 0 saturated carbocycles. The minimum atomic E-state index is 0.197. The van der Waals surface area contributed by atoms with Crippen molar-refractivity contribution in [2.24, 2.45) is 0 Å². The molecule has 0 aliphatic carbocycles. The van der Waals surface area contributed by atoms with Crippen LogP contribution in [-0.4, -0.2) is 48.2 Å². The number of likely N-dealkylation sites (tertiary alicyclic amines) is 1. The van der Waals surface area contributed by atoms with Crippen molar-refractivity contribution in [3.8, 4) is 0 Å².